The second-order valence-electron chi connectivity index (χ2n) is 5.20. The van der Waals surface area contributed by atoms with E-state index in [2.05, 4.69) is 38.2 Å². The fourth-order valence-corrected chi connectivity index (χ4v) is 2.47. The maximum atomic E-state index is 14.1. The molecule has 0 saturated heterocycles. The van der Waals surface area contributed by atoms with Crippen LogP contribution in [0.15, 0.2) is 42.5 Å². The van der Waals surface area contributed by atoms with Gasteiger partial charge in [0.25, 0.3) is 0 Å². The van der Waals surface area contributed by atoms with Crippen LogP contribution in [0.3, 0.4) is 0 Å². The van der Waals surface area contributed by atoms with Crippen LogP contribution in [-0.4, -0.2) is 6.54 Å². The minimum absolute atomic E-state index is 0.0870. The predicted octanol–water partition coefficient (Wildman–Crippen LogP) is 4.53. The highest BCUT2D eigenvalue weighted by molar-refractivity contribution is 5.41. The molecule has 0 saturated carbocycles. The molecule has 2 aromatic carbocycles. The molecule has 1 N–H and O–H groups in total. The molecule has 0 spiro atoms. The van der Waals surface area contributed by atoms with E-state index in [1.807, 2.05) is 18.2 Å². The summed E-state index contributed by atoms with van der Waals surface area (Å²) in [6, 6.07) is 13.2. The molecule has 2 aromatic rings. The predicted molar refractivity (Wildman–Crippen MR) is 82.5 cm³/mol. The molecule has 0 aliphatic carbocycles. The Labute approximate surface area is 120 Å². The largest absolute Gasteiger partial charge is 0.306 e. The summed E-state index contributed by atoms with van der Waals surface area (Å²) in [5.74, 6) is -0.151. The number of aryl methyl sites for hydroxylation is 1. The van der Waals surface area contributed by atoms with Crippen LogP contribution >= 0.6 is 0 Å². The van der Waals surface area contributed by atoms with Gasteiger partial charge in [-0.1, -0.05) is 43.3 Å². The van der Waals surface area contributed by atoms with E-state index >= 15 is 0 Å². The average Bonchev–Trinajstić information content (AvgIpc) is 2.45. The minimum Gasteiger partial charge on any atom is -0.306 e. The van der Waals surface area contributed by atoms with Crippen molar-refractivity contribution in [2.45, 2.75) is 33.2 Å². The molecule has 0 fully saturated rings. The van der Waals surface area contributed by atoms with Gasteiger partial charge in [-0.2, -0.15) is 0 Å². The van der Waals surface area contributed by atoms with E-state index in [1.54, 1.807) is 6.07 Å². The van der Waals surface area contributed by atoms with E-state index in [0.717, 1.165) is 24.1 Å². The first-order chi connectivity index (χ1) is 9.65. The van der Waals surface area contributed by atoms with Crippen molar-refractivity contribution >= 4 is 0 Å². The Morgan fingerprint density at radius 1 is 1.00 bits per heavy atom. The summed E-state index contributed by atoms with van der Waals surface area (Å²) in [4.78, 5) is 0. The van der Waals surface area contributed by atoms with E-state index in [9.17, 15) is 4.39 Å². The summed E-state index contributed by atoms with van der Waals surface area (Å²) in [6.45, 7) is 7.18. The standard InChI is InChI=1S/C18H22FN/c1-4-12-20-18(16-9-5-6-11-17(16)19)15-10-7-8-13(2)14(15)3/h5-11,18,20H,4,12H2,1-3H3. The van der Waals surface area contributed by atoms with Gasteiger partial charge >= 0.3 is 0 Å². The first kappa shape index (κ1) is 14.7. The molecule has 1 atom stereocenters. The first-order valence-electron chi connectivity index (χ1n) is 7.19. The molecule has 2 rings (SSSR count). The van der Waals surface area contributed by atoms with Crippen LogP contribution in [0.25, 0.3) is 0 Å². The zero-order valence-electron chi connectivity index (χ0n) is 12.4. The van der Waals surface area contributed by atoms with Gasteiger partial charge in [0.1, 0.15) is 5.82 Å². The zero-order valence-corrected chi connectivity index (χ0v) is 12.4. The summed E-state index contributed by atoms with van der Waals surface area (Å²) in [7, 11) is 0. The SMILES string of the molecule is CCCNC(c1ccccc1F)c1cccc(C)c1C. The monoisotopic (exact) mass is 271 g/mol. The topological polar surface area (TPSA) is 12.0 Å². The van der Waals surface area contributed by atoms with E-state index in [0.29, 0.717) is 0 Å². The third-order valence-corrected chi connectivity index (χ3v) is 3.77. The van der Waals surface area contributed by atoms with Crippen LogP contribution < -0.4 is 5.32 Å². The Bertz CT molecular complexity index is 577. The highest BCUT2D eigenvalue weighted by Gasteiger charge is 2.18. The lowest BCUT2D eigenvalue weighted by Crippen LogP contribution is -2.25. The number of rotatable bonds is 5. The van der Waals surface area contributed by atoms with Crippen LogP contribution in [0.5, 0.6) is 0 Å². The number of benzene rings is 2. The van der Waals surface area contributed by atoms with Crippen molar-refractivity contribution in [2.24, 2.45) is 0 Å². The number of hydrogen-bond acceptors (Lipinski definition) is 1. The lowest BCUT2D eigenvalue weighted by Gasteiger charge is -2.23. The molecule has 106 valence electrons. The highest BCUT2D eigenvalue weighted by atomic mass is 19.1. The van der Waals surface area contributed by atoms with Crippen molar-refractivity contribution in [1.29, 1.82) is 0 Å². The van der Waals surface area contributed by atoms with Gasteiger partial charge in [0.15, 0.2) is 0 Å². The smallest absolute Gasteiger partial charge is 0.128 e. The van der Waals surface area contributed by atoms with Crippen molar-refractivity contribution in [3.63, 3.8) is 0 Å². The van der Waals surface area contributed by atoms with Crippen LogP contribution in [-0.2, 0) is 0 Å². The Morgan fingerprint density at radius 3 is 2.40 bits per heavy atom. The number of hydrogen-bond donors (Lipinski definition) is 1. The number of halogens is 1. The molecule has 0 aromatic heterocycles. The summed E-state index contributed by atoms with van der Waals surface area (Å²) in [6.07, 6.45) is 1.02. The fourth-order valence-electron chi connectivity index (χ4n) is 2.47. The van der Waals surface area contributed by atoms with Crippen molar-refractivity contribution < 1.29 is 4.39 Å². The van der Waals surface area contributed by atoms with Gasteiger partial charge in [-0.15, -0.1) is 0 Å². The third kappa shape index (κ3) is 3.07. The van der Waals surface area contributed by atoms with Gasteiger partial charge in [0, 0.05) is 5.56 Å². The lowest BCUT2D eigenvalue weighted by molar-refractivity contribution is 0.545. The molecule has 0 aliphatic rings. The summed E-state index contributed by atoms with van der Waals surface area (Å²) in [5.41, 5.74) is 4.34. The molecular weight excluding hydrogens is 249 g/mol. The second-order valence-corrected chi connectivity index (χ2v) is 5.20. The van der Waals surface area contributed by atoms with E-state index in [1.165, 1.54) is 17.2 Å². The Morgan fingerprint density at radius 2 is 1.70 bits per heavy atom. The normalized spacial score (nSPS) is 12.4. The quantitative estimate of drug-likeness (QED) is 0.842. The van der Waals surface area contributed by atoms with Gasteiger partial charge in [-0.05, 0) is 49.6 Å². The van der Waals surface area contributed by atoms with Crippen molar-refractivity contribution in [1.82, 2.24) is 5.32 Å². The summed E-state index contributed by atoms with van der Waals surface area (Å²) in [5, 5.41) is 3.47. The highest BCUT2D eigenvalue weighted by Crippen LogP contribution is 2.28. The van der Waals surface area contributed by atoms with Crippen molar-refractivity contribution in [2.75, 3.05) is 6.54 Å². The summed E-state index contributed by atoms with van der Waals surface area (Å²) >= 11 is 0. The van der Waals surface area contributed by atoms with Crippen molar-refractivity contribution in [3.8, 4) is 0 Å². The third-order valence-electron chi connectivity index (χ3n) is 3.77. The number of nitrogens with one attached hydrogen (secondary N) is 1. The van der Waals surface area contributed by atoms with Gasteiger partial charge in [-0.25, -0.2) is 4.39 Å². The fraction of sp³-hybridized carbons (Fsp3) is 0.333. The van der Waals surface area contributed by atoms with Crippen LogP contribution in [0, 0.1) is 19.7 Å². The second kappa shape index (κ2) is 6.67. The first-order valence-corrected chi connectivity index (χ1v) is 7.19. The maximum Gasteiger partial charge on any atom is 0.128 e. The molecule has 0 heterocycles. The van der Waals surface area contributed by atoms with Gasteiger partial charge in [-0.3, -0.25) is 0 Å². The minimum atomic E-state index is -0.151. The van der Waals surface area contributed by atoms with Gasteiger partial charge in [0.2, 0.25) is 0 Å². The molecule has 0 amide bonds. The van der Waals surface area contributed by atoms with Gasteiger partial charge in [0.05, 0.1) is 6.04 Å². The molecular formula is C18H22FN. The lowest BCUT2D eigenvalue weighted by atomic mass is 9.92. The van der Waals surface area contributed by atoms with Crippen LogP contribution in [0.4, 0.5) is 4.39 Å². The molecule has 20 heavy (non-hydrogen) atoms. The summed E-state index contributed by atoms with van der Waals surface area (Å²) < 4.78 is 14.1. The molecule has 1 unspecified atom stereocenters. The van der Waals surface area contributed by atoms with E-state index in [-0.39, 0.29) is 11.9 Å². The van der Waals surface area contributed by atoms with Crippen molar-refractivity contribution in [3.05, 3.63) is 70.5 Å². The average molecular weight is 271 g/mol. The van der Waals surface area contributed by atoms with E-state index < -0.39 is 0 Å². The molecule has 1 nitrogen and oxygen atoms in total. The van der Waals surface area contributed by atoms with Gasteiger partial charge < -0.3 is 5.32 Å². The zero-order chi connectivity index (χ0) is 14.5. The molecule has 0 bridgehead atoms. The van der Waals surface area contributed by atoms with Crippen LogP contribution in [0.1, 0.15) is 41.6 Å². The Balaban J connectivity index is 2.47. The Hall–Kier alpha value is -1.67. The Kier molecular flexibility index (Phi) is 4.91. The van der Waals surface area contributed by atoms with E-state index in [4.69, 9.17) is 0 Å². The van der Waals surface area contributed by atoms with Crippen LogP contribution in [0.2, 0.25) is 0 Å². The molecule has 2 heteroatoms. The molecule has 0 radical (unpaired) electrons. The maximum absolute atomic E-state index is 14.1. The molecule has 0 aliphatic heterocycles.